The zero-order valence-corrected chi connectivity index (χ0v) is 14.3. The average molecular weight is 330 g/mol. The fourth-order valence-corrected chi connectivity index (χ4v) is 4.98. The van der Waals surface area contributed by atoms with Gasteiger partial charge in [0.05, 0.1) is 4.90 Å². The van der Waals surface area contributed by atoms with Crippen molar-refractivity contribution in [1.82, 2.24) is 4.31 Å². The molecule has 2 atom stereocenters. The predicted molar refractivity (Wildman–Crippen MR) is 91.8 cm³/mol. The van der Waals surface area contributed by atoms with Gasteiger partial charge in [0.1, 0.15) is 0 Å². The van der Waals surface area contributed by atoms with E-state index < -0.39 is 10.0 Å². The van der Waals surface area contributed by atoms with Crippen LogP contribution in [-0.4, -0.2) is 31.9 Å². The first kappa shape index (κ1) is 16.2. The molecule has 1 heterocycles. The lowest BCUT2D eigenvalue weighted by Crippen LogP contribution is -2.32. The molecule has 1 aliphatic heterocycles. The molecule has 1 fully saturated rings. The third-order valence-electron chi connectivity index (χ3n) is 4.52. The maximum Gasteiger partial charge on any atom is 0.243 e. The summed E-state index contributed by atoms with van der Waals surface area (Å²) in [6.07, 6.45) is 0. The van der Waals surface area contributed by atoms with Crippen LogP contribution in [0.4, 0.5) is 0 Å². The Morgan fingerprint density at radius 3 is 2.43 bits per heavy atom. The van der Waals surface area contributed by atoms with Crippen molar-refractivity contribution in [2.45, 2.75) is 30.7 Å². The third-order valence-corrected chi connectivity index (χ3v) is 6.49. The van der Waals surface area contributed by atoms with E-state index in [2.05, 4.69) is 0 Å². The summed E-state index contributed by atoms with van der Waals surface area (Å²) >= 11 is 0. The highest BCUT2D eigenvalue weighted by Crippen LogP contribution is 2.31. The fourth-order valence-electron chi connectivity index (χ4n) is 3.17. The number of hydrogen-bond acceptors (Lipinski definition) is 3. The number of benzene rings is 2. The highest BCUT2D eigenvalue weighted by Gasteiger charge is 2.38. The molecular formula is C18H22N2O2S. The van der Waals surface area contributed by atoms with E-state index in [4.69, 9.17) is 5.73 Å². The topological polar surface area (TPSA) is 63.4 Å². The number of rotatable bonds is 3. The third kappa shape index (κ3) is 3.04. The van der Waals surface area contributed by atoms with Crippen LogP contribution in [0.5, 0.6) is 0 Å². The van der Waals surface area contributed by atoms with E-state index in [1.54, 1.807) is 6.07 Å². The van der Waals surface area contributed by atoms with Crippen molar-refractivity contribution in [1.29, 1.82) is 0 Å². The average Bonchev–Trinajstić information content (AvgIpc) is 2.93. The van der Waals surface area contributed by atoms with Gasteiger partial charge in [-0.15, -0.1) is 0 Å². The molecule has 2 N–H and O–H groups in total. The zero-order chi connectivity index (χ0) is 16.6. The van der Waals surface area contributed by atoms with Crippen molar-refractivity contribution in [3.05, 3.63) is 65.2 Å². The lowest BCUT2D eigenvalue weighted by molar-refractivity contribution is 0.469. The molecule has 1 saturated heterocycles. The molecule has 0 aliphatic carbocycles. The van der Waals surface area contributed by atoms with Gasteiger partial charge in [-0.05, 0) is 36.6 Å². The summed E-state index contributed by atoms with van der Waals surface area (Å²) < 4.78 is 27.5. The quantitative estimate of drug-likeness (QED) is 0.940. The van der Waals surface area contributed by atoms with Gasteiger partial charge >= 0.3 is 0 Å². The van der Waals surface area contributed by atoms with Crippen LogP contribution >= 0.6 is 0 Å². The second-order valence-electron chi connectivity index (χ2n) is 6.27. The molecule has 0 unspecified atom stereocenters. The summed E-state index contributed by atoms with van der Waals surface area (Å²) in [5, 5.41) is 0. The lowest BCUT2D eigenvalue weighted by atomic mass is 9.95. The van der Waals surface area contributed by atoms with Gasteiger partial charge in [0.15, 0.2) is 0 Å². The second kappa shape index (κ2) is 6.07. The molecular weight excluding hydrogens is 308 g/mol. The largest absolute Gasteiger partial charge is 0.326 e. The molecule has 23 heavy (non-hydrogen) atoms. The molecule has 0 spiro atoms. The Morgan fingerprint density at radius 2 is 1.74 bits per heavy atom. The number of nitrogens with two attached hydrogens (primary N) is 1. The van der Waals surface area contributed by atoms with E-state index >= 15 is 0 Å². The van der Waals surface area contributed by atoms with Crippen molar-refractivity contribution >= 4 is 10.0 Å². The van der Waals surface area contributed by atoms with Crippen LogP contribution in [0, 0.1) is 13.8 Å². The lowest BCUT2D eigenvalue weighted by Gasteiger charge is -2.18. The Morgan fingerprint density at radius 1 is 1.04 bits per heavy atom. The van der Waals surface area contributed by atoms with E-state index in [1.807, 2.05) is 56.3 Å². The summed E-state index contributed by atoms with van der Waals surface area (Å²) in [7, 11) is -3.51. The Balaban J connectivity index is 1.92. The molecule has 0 aromatic heterocycles. The number of nitrogens with zero attached hydrogens (tertiary/aromatic N) is 1. The van der Waals surface area contributed by atoms with Gasteiger partial charge in [-0.2, -0.15) is 4.31 Å². The summed E-state index contributed by atoms with van der Waals surface area (Å²) in [4.78, 5) is 0.387. The van der Waals surface area contributed by atoms with Crippen molar-refractivity contribution < 1.29 is 8.42 Å². The van der Waals surface area contributed by atoms with Gasteiger partial charge in [-0.3, -0.25) is 0 Å². The molecule has 4 nitrogen and oxygen atoms in total. The van der Waals surface area contributed by atoms with Gasteiger partial charge in [0, 0.05) is 25.0 Å². The first-order valence-corrected chi connectivity index (χ1v) is 9.21. The van der Waals surface area contributed by atoms with Crippen molar-refractivity contribution in [3.63, 3.8) is 0 Å². The molecule has 2 aromatic rings. The molecule has 0 bridgehead atoms. The Bertz CT molecular complexity index is 803. The fraction of sp³-hybridized carbons (Fsp3) is 0.333. The van der Waals surface area contributed by atoms with Crippen LogP contribution < -0.4 is 5.73 Å². The van der Waals surface area contributed by atoms with Gasteiger partial charge < -0.3 is 5.73 Å². The number of sulfonamides is 1. The Hall–Kier alpha value is -1.69. The smallest absolute Gasteiger partial charge is 0.243 e. The van der Waals surface area contributed by atoms with Crippen LogP contribution in [-0.2, 0) is 10.0 Å². The van der Waals surface area contributed by atoms with Crippen molar-refractivity contribution in [2.24, 2.45) is 5.73 Å². The number of aryl methyl sites for hydroxylation is 2. The summed E-state index contributed by atoms with van der Waals surface area (Å²) in [5.74, 6) is 0.0380. The minimum atomic E-state index is -3.51. The van der Waals surface area contributed by atoms with Gasteiger partial charge in [-0.1, -0.05) is 42.5 Å². The van der Waals surface area contributed by atoms with Crippen molar-refractivity contribution in [3.8, 4) is 0 Å². The second-order valence-corrected chi connectivity index (χ2v) is 8.18. The van der Waals surface area contributed by atoms with Gasteiger partial charge in [0.2, 0.25) is 10.0 Å². The zero-order valence-electron chi connectivity index (χ0n) is 13.4. The standard InChI is InChI=1S/C18H22N2O2S/c1-13-8-9-14(2)18(10-13)23(21,22)20-11-16(17(19)12-20)15-6-4-3-5-7-15/h3-10,16-17H,11-12,19H2,1-2H3/t16-,17+/m0/s1. The minimum Gasteiger partial charge on any atom is -0.326 e. The monoisotopic (exact) mass is 330 g/mol. The van der Waals surface area contributed by atoms with Crippen LogP contribution in [0.2, 0.25) is 0 Å². The maximum atomic E-state index is 13.0. The molecule has 0 amide bonds. The molecule has 0 saturated carbocycles. The highest BCUT2D eigenvalue weighted by atomic mass is 32.2. The van der Waals surface area contributed by atoms with Crippen LogP contribution in [0.15, 0.2) is 53.4 Å². The summed E-state index contributed by atoms with van der Waals surface area (Å²) in [6.45, 7) is 4.52. The van der Waals surface area contributed by atoms with Crippen LogP contribution in [0.25, 0.3) is 0 Å². The van der Waals surface area contributed by atoms with E-state index in [-0.39, 0.29) is 12.0 Å². The molecule has 5 heteroatoms. The molecule has 1 aliphatic rings. The predicted octanol–water partition coefficient (Wildman–Crippen LogP) is 2.42. The normalized spacial score (nSPS) is 22.4. The molecule has 2 aromatic carbocycles. The first-order valence-electron chi connectivity index (χ1n) is 7.77. The minimum absolute atomic E-state index is 0.0380. The molecule has 0 radical (unpaired) electrons. The number of hydrogen-bond donors (Lipinski definition) is 1. The van der Waals surface area contributed by atoms with E-state index in [1.165, 1.54) is 4.31 Å². The van der Waals surface area contributed by atoms with Crippen molar-refractivity contribution in [2.75, 3.05) is 13.1 Å². The van der Waals surface area contributed by atoms with Gasteiger partial charge in [-0.25, -0.2) is 8.42 Å². The Kier molecular flexibility index (Phi) is 4.27. The van der Waals surface area contributed by atoms with E-state index in [0.717, 1.165) is 16.7 Å². The summed E-state index contributed by atoms with van der Waals surface area (Å²) in [5.41, 5.74) is 9.05. The van der Waals surface area contributed by atoms with Gasteiger partial charge in [0.25, 0.3) is 0 Å². The van der Waals surface area contributed by atoms with Crippen LogP contribution in [0.3, 0.4) is 0 Å². The van der Waals surface area contributed by atoms with E-state index in [0.29, 0.717) is 18.0 Å². The summed E-state index contributed by atoms with van der Waals surface area (Å²) in [6, 6.07) is 15.2. The highest BCUT2D eigenvalue weighted by molar-refractivity contribution is 7.89. The Labute approximate surface area is 138 Å². The van der Waals surface area contributed by atoms with E-state index in [9.17, 15) is 8.42 Å². The SMILES string of the molecule is Cc1ccc(C)c(S(=O)(=O)N2C[C@@H](N)[C@H](c3ccccc3)C2)c1. The van der Waals surface area contributed by atoms with Crippen LogP contribution in [0.1, 0.15) is 22.6 Å². The molecule has 3 rings (SSSR count). The maximum absolute atomic E-state index is 13.0. The molecule has 122 valence electrons. The first-order chi connectivity index (χ1) is 10.9.